The Morgan fingerprint density at radius 3 is 2.38 bits per heavy atom. The monoisotopic (exact) mass is 381 g/mol. The molecular formula is C19H31N3O3S. The topological polar surface area (TPSA) is 69.7 Å². The zero-order valence-electron chi connectivity index (χ0n) is 15.5. The van der Waals surface area contributed by atoms with Crippen LogP contribution in [0.3, 0.4) is 0 Å². The predicted molar refractivity (Wildman–Crippen MR) is 99.1 cm³/mol. The average molecular weight is 382 g/mol. The zero-order chi connectivity index (χ0) is 17.9. The SMILES string of the molecule is O=C(N[C@@H]1C[C@H]2C[C@H]1[C@H]1CCC[C@@H]21)N1CCC(N2CCCS2(=O)=O)CC1. The number of carbonyl (C=O) groups excluding carboxylic acids is 1. The summed E-state index contributed by atoms with van der Waals surface area (Å²) in [6.45, 7) is 2.01. The maximum absolute atomic E-state index is 12.8. The number of piperidine rings is 1. The number of amides is 2. The lowest BCUT2D eigenvalue weighted by molar-refractivity contribution is 0.146. The third kappa shape index (κ3) is 2.77. The van der Waals surface area contributed by atoms with E-state index >= 15 is 0 Å². The Labute approximate surface area is 156 Å². The molecule has 7 heteroatoms. The quantitative estimate of drug-likeness (QED) is 0.796. The van der Waals surface area contributed by atoms with Crippen molar-refractivity contribution in [2.24, 2.45) is 23.7 Å². The lowest BCUT2D eigenvalue weighted by Gasteiger charge is -2.38. The molecule has 5 fully saturated rings. The molecule has 5 aliphatic rings. The van der Waals surface area contributed by atoms with Gasteiger partial charge in [-0.05, 0) is 68.6 Å². The van der Waals surface area contributed by atoms with E-state index in [0.29, 0.717) is 37.3 Å². The van der Waals surface area contributed by atoms with Gasteiger partial charge in [0.1, 0.15) is 0 Å². The standard InChI is InChI=1S/C19H31N3O3S/c23-19(20-18-12-13-11-17(18)16-4-1-3-15(13)16)21-8-5-14(6-9-21)22-7-2-10-26(22,24)25/h13-18H,1-12H2,(H,20,23)/t13-,15+,16+,17+,18-/m1/s1. The largest absolute Gasteiger partial charge is 0.335 e. The fraction of sp³-hybridized carbons (Fsp3) is 0.947. The van der Waals surface area contributed by atoms with E-state index in [4.69, 9.17) is 0 Å². The third-order valence-corrected chi connectivity index (χ3v) is 10.0. The lowest BCUT2D eigenvalue weighted by Crippen LogP contribution is -2.53. The molecule has 2 bridgehead atoms. The van der Waals surface area contributed by atoms with Crippen LogP contribution in [0.1, 0.15) is 51.4 Å². The van der Waals surface area contributed by atoms with Gasteiger partial charge in [0.05, 0.1) is 5.75 Å². The van der Waals surface area contributed by atoms with E-state index in [9.17, 15) is 13.2 Å². The second-order valence-electron chi connectivity index (χ2n) is 9.21. The molecule has 0 unspecified atom stereocenters. The number of carbonyl (C=O) groups is 1. The Bertz CT molecular complexity index is 674. The van der Waals surface area contributed by atoms with Gasteiger partial charge >= 0.3 is 6.03 Å². The Hall–Kier alpha value is -0.820. The van der Waals surface area contributed by atoms with Crippen LogP contribution >= 0.6 is 0 Å². The number of hydrogen-bond acceptors (Lipinski definition) is 3. The molecule has 0 spiro atoms. The van der Waals surface area contributed by atoms with Gasteiger partial charge in [-0.1, -0.05) is 6.42 Å². The lowest BCUT2D eigenvalue weighted by atomic mass is 9.79. The fourth-order valence-corrected chi connectivity index (χ4v) is 8.71. The third-order valence-electron chi connectivity index (χ3n) is 8.03. The first-order chi connectivity index (χ1) is 12.5. The van der Waals surface area contributed by atoms with Gasteiger partial charge in [-0.3, -0.25) is 0 Å². The molecule has 0 radical (unpaired) electrons. The Kier molecular flexibility index (Phi) is 4.23. The summed E-state index contributed by atoms with van der Waals surface area (Å²) in [6, 6.07) is 0.552. The highest BCUT2D eigenvalue weighted by Crippen LogP contribution is 2.58. The van der Waals surface area contributed by atoms with E-state index in [1.807, 2.05) is 4.90 Å². The van der Waals surface area contributed by atoms with Crippen molar-refractivity contribution < 1.29 is 13.2 Å². The Balaban J connectivity index is 1.15. The van der Waals surface area contributed by atoms with Gasteiger partial charge < -0.3 is 10.2 Å². The highest BCUT2D eigenvalue weighted by atomic mass is 32.2. The van der Waals surface area contributed by atoms with Crippen molar-refractivity contribution >= 4 is 16.1 Å². The van der Waals surface area contributed by atoms with Gasteiger partial charge in [0.2, 0.25) is 10.0 Å². The van der Waals surface area contributed by atoms with Crippen LogP contribution in [-0.2, 0) is 10.0 Å². The summed E-state index contributed by atoms with van der Waals surface area (Å²) in [5, 5.41) is 3.35. The molecule has 1 N–H and O–H groups in total. The summed E-state index contributed by atoms with van der Waals surface area (Å²) in [6.07, 6.45) is 8.97. The zero-order valence-corrected chi connectivity index (χ0v) is 16.3. The summed E-state index contributed by atoms with van der Waals surface area (Å²) in [5.41, 5.74) is 0. The van der Waals surface area contributed by atoms with Gasteiger partial charge in [0.25, 0.3) is 0 Å². The van der Waals surface area contributed by atoms with Crippen molar-refractivity contribution in [1.82, 2.24) is 14.5 Å². The molecule has 0 aromatic carbocycles. The van der Waals surface area contributed by atoms with Crippen molar-refractivity contribution in [1.29, 1.82) is 0 Å². The van der Waals surface area contributed by atoms with Crippen LogP contribution in [0.2, 0.25) is 0 Å². The van der Waals surface area contributed by atoms with Crippen LogP contribution in [0.4, 0.5) is 4.79 Å². The number of fused-ring (bicyclic) bond motifs is 5. The summed E-state index contributed by atoms with van der Waals surface area (Å²) < 4.78 is 25.9. The highest BCUT2D eigenvalue weighted by molar-refractivity contribution is 7.89. The second-order valence-corrected chi connectivity index (χ2v) is 11.2. The molecule has 146 valence electrons. The number of nitrogens with one attached hydrogen (secondary N) is 1. The van der Waals surface area contributed by atoms with Crippen molar-refractivity contribution in [3.63, 3.8) is 0 Å². The Morgan fingerprint density at radius 1 is 0.885 bits per heavy atom. The highest BCUT2D eigenvalue weighted by Gasteiger charge is 2.54. The van der Waals surface area contributed by atoms with E-state index in [0.717, 1.165) is 37.0 Å². The average Bonchev–Trinajstić information content (AvgIpc) is 3.36. The maximum atomic E-state index is 12.8. The van der Waals surface area contributed by atoms with Gasteiger partial charge in [-0.15, -0.1) is 0 Å². The molecule has 6 nitrogen and oxygen atoms in total. The maximum Gasteiger partial charge on any atom is 0.317 e. The van der Waals surface area contributed by atoms with Crippen molar-refractivity contribution in [3.05, 3.63) is 0 Å². The summed E-state index contributed by atoms with van der Waals surface area (Å²) in [5.74, 6) is 3.67. The van der Waals surface area contributed by atoms with Crippen LogP contribution in [0.15, 0.2) is 0 Å². The molecule has 5 atom stereocenters. The van der Waals surface area contributed by atoms with Crippen molar-refractivity contribution in [3.8, 4) is 0 Å². The smallest absolute Gasteiger partial charge is 0.317 e. The van der Waals surface area contributed by atoms with E-state index in [1.165, 1.54) is 32.1 Å². The normalized spacial score (nSPS) is 42.3. The van der Waals surface area contributed by atoms with Gasteiger partial charge in [-0.25, -0.2) is 13.2 Å². The van der Waals surface area contributed by atoms with Crippen LogP contribution in [0.5, 0.6) is 0 Å². The minimum atomic E-state index is -3.04. The number of likely N-dealkylation sites (tertiary alicyclic amines) is 1. The fourth-order valence-electron chi connectivity index (χ4n) is 6.91. The predicted octanol–water partition coefficient (Wildman–Crippen LogP) is 2.02. The van der Waals surface area contributed by atoms with E-state index in [2.05, 4.69) is 5.32 Å². The van der Waals surface area contributed by atoms with Crippen LogP contribution in [0.25, 0.3) is 0 Å². The molecule has 5 rings (SSSR count). The number of rotatable bonds is 2. The minimum Gasteiger partial charge on any atom is -0.335 e. The minimum absolute atomic E-state index is 0.0832. The van der Waals surface area contributed by atoms with Crippen molar-refractivity contribution in [2.75, 3.05) is 25.4 Å². The number of nitrogens with zero attached hydrogens (tertiary/aromatic N) is 2. The first kappa shape index (κ1) is 17.3. The molecule has 2 aliphatic heterocycles. The molecule has 2 saturated heterocycles. The van der Waals surface area contributed by atoms with Crippen LogP contribution in [-0.4, -0.2) is 61.1 Å². The summed E-state index contributed by atoms with van der Waals surface area (Å²) in [7, 11) is -3.04. The molecule has 0 aromatic rings. The van der Waals surface area contributed by atoms with Gasteiger partial charge in [0.15, 0.2) is 0 Å². The summed E-state index contributed by atoms with van der Waals surface area (Å²) in [4.78, 5) is 14.7. The van der Waals surface area contributed by atoms with Gasteiger partial charge in [-0.2, -0.15) is 4.31 Å². The molecule has 0 aromatic heterocycles. The molecule has 3 saturated carbocycles. The first-order valence-corrected chi connectivity index (χ1v) is 12.2. The second kappa shape index (κ2) is 6.36. The van der Waals surface area contributed by atoms with E-state index in [1.54, 1.807) is 4.31 Å². The van der Waals surface area contributed by atoms with E-state index < -0.39 is 10.0 Å². The number of hydrogen-bond donors (Lipinski definition) is 1. The molecule has 2 amide bonds. The van der Waals surface area contributed by atoms with Gasteiger partial charge in [0, 0.05) is 31.7 Å². The van der Waals surface area contributed by atoms with Crippen LogP contribution in [0, 0.1) is 23.7 Å². The number of urea groups is 1. The van der Waals surface area contributed by atoms with Crippen molar-refractivity contribution in [2.45, 2.75) is 63.5 Å². The van der Waals surface area contributed by atoms with Crippen LogP contribution < -0.4 is 5.32 Å². The Morgan fingerprint density at radius 2 is 1.65 bits per heavy atom. The molecular weight excluding hydrogens is 350 g/mol. The molecule has 26 heavy (non-hydrogen) atoms. The number of sulfonamides is 1. The molecule has 3 aliphatic carbocycles. The molecule has 2 heterocycles. The first-order valence-electron chi connectivity index (χ1n) is 10.6. The van der Waals surface area contributed by atoms with E-state index in [-0.39, 0.29) is 12.1 Å². The summed E-state index contributed by atoms with van der Waals surface area (Å²) >= 11 is 0.